The van der Waals surface area contributed by atoms with Crippen molar-refractivity contribution in [1.82, 2.24) is 15.3 Å². The zero-order valence-corrected chi connectivity index (χ0v) is 13.0. The van der Waals surface area contributed by atoms with Crippen LogP contribution in [0.2, 0.25) is 0 Å². The van der Waals surface area contributed by atoms with Crippen LogP contribution in [-0.2, 0) is 4.79 Å². The predicted octanol–water partition coefficient (Wildman–Crippen LogP) is 2.03. The van der Waals surface area contributed by atoms with Gasteiger partial charge in [0.25, 0.3) is 0 Å². The van der Waals surface area contributed by atoms with Gasteiger partial charge in [-0.25, -0.2) is 9.97 Å². The van der Waals surface area contributed by atoms with Crippen molar-refractivity contribution in [2.45, 2.75) is 44.3 Å². The van der Waals surface area contributed by atoms with E-state index in [0.29, 0.717) is 17.5 Å². The first-order valence-corrected chi connectivity index (χ1v) is 7.90. The standard InChI is InChI=1S/C14H21N3O2S/c1-4-15-14(12(18)19,11-5-6-11)8-20-13-16-9(2)7-10(3)17-13/h7,11,15H,4-6,8H2,1-3H3,(H,18,19). The molecule has 1 aliphatic rings. The molecule has 0 amide bonds. The van der Waals surface area contributed by atoms with E-state index >= 15 is 0 Å². The molecular weight excluding hydrogens is 274 g/mol. The number of aliphatic carboxylic acids is 1. The molecule has 0 saturated heterocycles. The van der Waals surface area contributed by atoms with Gasteiger partial charge in [-0.3, -0.25) is 4.79 Å². The lowest BCUT2D eigenvalue weighted by molar-refractivity contribution is -0.144. The van der Waals surface area contributed by atoms with E-state index in [0.717, 1.165) is 24.2 Å². The van der Waals surface area contributed by atoms with Crippen LogP contribution in [0.1, 0.15) is 31.2 Å². The lowest BCUT2D eigenvalue weighted by Crippen LogP contribution is -2.56. The van der Waals surface area contributed by atoms with Crippen molar-refractivity contribution in [3.63, 3.8) is 0 Å². The number of carboxylic acid groups (broad SMARTS) is 1. The largest absolute Gasteiger partial charge is 0.480 e. The molecule has 1 aromatic rings. The molecule has 6 heteroatoms. The minimum Gasteiger partial charge on any atom is -0.480 e. The summed E-state index contributed by atoms with van der Waals surface area (Å²) in [4.78, 5) is 20.5. The topological polar surface area (TPSA) is 75.1 Å². The molecule has 2 rings (SSSR count). The Morgan fingerprint density at radius 3 is 2.50 bits per heavy atom. The highest BCUT2D eigenvalue weighted by molar-refractivity contribution is 7.99. The van der Waals surface area contributed by atoms with Crippen LogP contribution in [0.5, 0.6) is 0 Å². The van der Waals surface area contributed by atoms with Crippen molar-refractivity contribution in [2.75, 3.05) is 12.3 Å². The molecule has 1 fully saturated rings. The molecule has 2 N–H and O–H groups in total. The van der Waals surface area contributed by atoms with E-state index in [4.69, 9.17) is 0 Å². The lowest BCUT2D eigenvalue weighted by Gasteiger charge is -2.29. The Morgan fingerprint density at radius 1 is 1.45 bits per heavy atom. The maximum absolute atomic E-state index is 11.7. The molecule has 1 aromatic heterocycles. The van der Waals surface area contributed by atoms with Crippen molar-refractivity contribution >= 4 is 17.7 Å². The Kier molecular flexibility index (Phi) is 4.65. The molecule has 1 heterocycles. The number of carbonyl (C=O) groups is 1. The quantitative estimate of drug-likeness (QED) is 0.592. The summed E-state index contributed by atoms with van der Waals surface area (Å²) in [6.45, 7) is 6.44. The molecule has 5 nitrogen and oxygen atoms in total. The normalized spacial score (nSPS) is 17.8. The number of carboxylic acids is 1. The van der Waals surface area contributed by atoms with E-state index in [1.165, 1.54) is 11.8 Å². The molecule has 0 aromatic carbocycles. The summed E-state index contributed by atoms with van der Waals surface area (Å²) < 4.78 is 0. The first kappa shape index (κ1) is 15.3. The summed E-state index contributed by atoms with van der Waals surface area (Å²) in [5, 5.41) is 13.5. The summed E-state index contributed by atoms with van der Waals surface area (Å²) in [6, 6.07) is 1.92. The summed E-state index contributed by atoms with van der Waals surface area (Å²) in [5.41, 5.74) is 0.979. The van der Waals surface area contributed by atoms with E-state index in [-0.39, 0.29) is 5.92 Å². The Hall–Kier alpha value is -1.14. The van der Waals surface area contributed by atoms with Crippen LogP contribution in [-0.4, -0.2) is 38.9 Å². The molecule has 1 aliphatic carbocycles. The van der Waals surface area contributed by atoms with Crippen molar-refractivity contribution in [2.24, 2.45) is 5.92 Å². The Morgan fingerprint density at radius 2 is 2.05 bits per heavy atom. The second kappa shape index (κ2) is 6.10. The fourth-order valence-corrected chi connectivity index (χ4v) is 3.69. The summed E-state index contributed by atoms with van der Waals surface area (Å²) in [6.07, 6.45) is 1.96. The van der Waals surface area contributed by atoms with Crippen molar-refractivity contribution in [1.29, 1.82) is 0 Å². The molecule has 1 atom stereocenters. The van der Waals surface area contributed by atoms with Gasteiger partial charge in [-0.15, -0.1) is 0 Å². The third-order valence-electron chi connectivity index (χ3n) is 3.54. The smallest absolute Gasteiger partial charge is 0.325 e. The van der Waals surface area contributed by atoms with Gasteiger partial charge in [0.05, 0.1) is 0 Å². The predicted molar refractivity (Wildman–Crippen MR) is 79.0 cm³/mol. The van der Waals surface area contributed by atoms with Gasteiger partial charge in [0.2, 0.25) is 0 Å². The van der Waals surface area contributed by atoms with Crippen molar-refractivity contribution in [3.05, 3.63) is 17.5 Å². The SMILES string of the molecule is CCNC(CSc1nc(C)cc(C)n1)(C(=O)O)C1CC1. The van der Waals surface area contributed by atoms with Gasteiger partial charge in [0.15, 0.2) is 5.16 Å². The Bertz CT molecular complexity index is 485. The Balaban J connectivity index is 2.14. The maximum atomic E-state index is 11.7. The lowest BCUT2D eigenvalue weighted by atomic mass is 9.96. The molecule has 0 aliphatic heterocycles. The highest BCUT2D eigenvalue weighted by atomic mass is 32.2. The number of aromatic nitrogens is 2. The Labute approximate surface area is 123 Å². The fourth-order valence-electron chi connectivity index (χ4n) is 2.45. The molecule has 110 valence electrons. The second-order valence-corrected chi connectivity index (χ2v) is 6.25. The van der Waals surface area contributed by atoms with Gasteiger partial charge in [0.1, 0.15) is 5.54 Å². The number of hydrogen-bond donors (Lipinski definition) is 2. The van der Waals surface area contributed by atoms with Crippen LogP contribution in [0.3, 0.4) is 0 Å². The first-order valence-electron chi connectivity index (χ1n) is 6.91. The molecule has 20 heavy (non-hydrogen) atoms. The maximum Gasteiger partial charge on any atom is 0.325 e. The zero-order chi connectivity index (χ0) is 14.8. The van der Waals surface area contributed by atoms with Crippen LogP contribution < -0.4 is 5.32 Å². The molecule has 0 radical (unpaired) electrons. The van der Waals surface area contributed by atoms with Gasteiger partial charge in [0, 0.05) is 17.1 Å². The summed E-state index contributed by atoms with van der Waals surface area (Å²) in [7, 11) is 0. The summed E-state index contributed by atoms with van der Waals surface area (Å²) in [5.74, 6) is -0.0823. The highest BCUT2D eigenvalue weighted by Gasteiger charge is 2.50. The van der Waals surface area contributed by atoms with E-state index in [9.17, 15) is 9.90 Å². The number of nitrogens with zero attached hydrogens (tertiary/aromatic N) is 2. The zero-order valence-electron chi connectivity index (χ0n) is 12.1. The molecular formula is C14H21N3O2S. The van der Waals surface area contributed by atoms with Gasteiger partial charge < -0.3 is 10.4 Å². The van der Waals surface area contributed by atoms with Crippen molar-refractivity contribution in [3.8, 4) is 0 Å². The number of nitrogens with one attached hydrogen (secondary N) is 1. The molecule has 1 unspecified atom stereocenters. The average molecular weight is 295 g/mol. The van der Waals surface area contributed by atoms with Gasteiger partial charge in [-0.1, -0.05) is 18.7 Å². The van der Waals surface area contributed by atoms with Gasteiger partial charge in [-0.05, 0) is 45.2 Å². The van der Waals surface area contributed by atoms with Crippen LogP contribution in [0.15, 0.2) is 11.2 Å². The highest BCUT2D eigenvalue weighted by Crippen LogP contribution is 2.42. The molecule has 1 saturated carbocycles. The fraction of sp³-hybridized carbons (Fsp3) is 0.643. The van der Waals surface area contributed by atoms with E-state index < -0.39 is 11.5 Å². The van der Waals surface area contributed by atoms with E-state index in [1.807, 2.05) is 26.8 Å². The molecule has 0 spiro atoms. The minimum absolute atomic E-state index is 0.221. The second-order valence-electron chi connectivity index (χ2n) is 5.30. The van der Waals surface area contributed by atoms with Crippen LogP contribution in [0.4, 0.5) is 0 Å². The van der Waals surface area contributed by atoms with Crippen LogP contribution in [0.25, 0.3) is 0 Å². The van der Waals surface area contributed by atoms with Crippen LogP contribution >= 0.6 is 11.8 Å². The van der Waals surface area contributed by atoms with Crippen molar-refractivity contribution < 1.29 is 9.90 Å². The number of rotatable bonds is 7. The third-order valence-corrected chi connectivity index (χ3v) is 4.58. The number of thioether (sulfide) groups is 1. The van der Waals surface area contributed by atoms with E-state index in [1.54, 1.807) is 0 Å². The van der Waals surface area contributed by atoms with Gasteiger partial charge in [-0.2, -0.15) is 0 Å². The monoisotopic (exact) mass is 295 g/mol. The minimum atomic E-state index is -0.847. The number of aryl methyl sites for hydroxylation is 2. The van der Waals surface area contributed by atoms with Crippen LogP contribution in [0, 0.1) is 19.8 Å². The van der Waals surface area contributed by atoms with Gasteiger partial charge >= 0.3 is 5.97 Å². The molecule has 0 bridgehead atoms. The average Bonchev–Trinajstić information content (AvgIpc) is 3.17. The van der Waals surface area contributed by atoms with E-state index in [2.05, 4.69) is 15.3 Å². The first-order chi connectivity index (χ1) is 9.48. The summed E-state index contributed by atoms with van der Waals surface area (Å²) >= 11 is 1.43. The number of hydrogen-bond acceptors (Lipinski definition) is 5. The number of likely N-dealkylation sites (N-methyl/N-ethyl adjacent to an activating group) is 1. The third kappa shape index (κ3) is 3.30.